The van der Waals surface area contributed by atoms with Crippen LogP contribution >= 0.6 is 0 Å². The number of amides is 3. The van der Waals surface area contributed by atoms with Gasteiger partial charge in [-0.2, -0.15) is 0 Å². The largest absolute Gasteiger partial charge is 0.460 e. The Morgan fingerprint density at radius 2 is 1.20 bits per heavy atom. The van der Waals surface area contributed by atoms with Crippen molar-refractivity contribution in [3.63, 3.8) is 0 Å². The Balaban J connectivity index is 1.76. The lowest BCUT2D eigenvalue weighted by Gasteiger charge is -2.27. The minimum atomic E-state index is -1.49. The van der Waals surface area contributed by atoms with E-state index in [0.29, 0.717) is 11.1 Å². The molecule has 46 heavy (non-hydrogen) atoms. The fourth-order valence-electron chi connectivity index (χ4n) is 4.29. The van der Waals surface area contributed by atoms with Gasteiger partial charge in [-0.15, -0.1) is 0 Å². The summed E-state index contributed by atoms with van der Waals surface area (Å²) in [6, 6.07) is 23.9. The molecular formula is C35H41N3O8. The molecule has 0 fully saturated rings. The monoisotopic (exact) mass is 631 g/mol. The van der Waals surface area contributed by atoms with Crippen molar-refractivity contribution in [2.24, 2.45) is 0 Å². The van der Waals surface area contributed by atoms with E-state index in [4.69, 9.17) is 14.2 Å². The van der Waals surface area contributed by atoms with Gasteiger partial charge in [0.2, 0.25) is 11.8 Å². The molecule has 3 aromatic rings. The van der Waals surface area contributed by atoms with Crippen LogP contribution in [-0.2, 0) is 46.6 Å². The van der Waals surface area contributed by atoms with Crippen molar-refractivity contribution >= 4 is 29.8 Å². The van der Waals surface area contributed by atoms with Crippen LogP contribution in [0.5, 0.6) is 0 Å². The molecule has 1 unspecified atom stereocenters. The van der Waals surface area contributed by atoms with Crippen LogP contribution in [0.15, 0.2) is 91.0 Å². The third-order valence-corrected chi connectivity index (χ3v) is 6.54. The average Bonchev–Trinajstić information content (AvgIpc) is 3.02. The Labute approximate surface area is 269 Å². The molecule has 11 nitrogen and oxygen atoms in total. The van der Waals surface area contributed by atoms with Gasteiger partial charge in [-0.1, -0.05) is 91.0 Å². The zero-order valence-corrected chi connectivity index (χ0v) is 26.5. The lowest BCUT2D eigenvalue weighted by molar-refractivity contribution is -0.157. The number of benzene rings is 3. The van der Waals surface area contributed by atoms with Gasteiger partial charge in [0.25, 0.3) is 0 Å². The van der Waals surface area contributed by atoms with Crippen LogP contribution in [0, 0.1) is 0 Å². The molecule has 3 atom stereocenters. The first kappa shape index (κ1) is 35.3. The van der Waals surface area contributed by atoms with Gasteiger partial charge in [-0.05, 0) is 44.4 Å². The molecule has 11 heteroatoms. The molecule has 0 aliphatic rings. The number of hydrogen-bond acceptors (Lipinski definition) is 8. The van der Waals surface area contributed by atoms with Gasteiger partial charge in [-0.25, -0.2) is 9.59 Å². The lowest BCUT2D eigenvalue weighted by atomic mass is 9.91. The highest BCUT2D eigenvalue weighted by Gasteiger charge is 2.39. The molecule has 3 aromatic carbocycles. The van der Waals surface area contributed by atoms with E-state index < -0.39 is 53.4 Å². The highest BCUT2D eigenvalue weighted by Crippen LogP contribution is 2.24. The number of ether oxygens (including phenoxy) is 3. The molecule has 3 rings (SSSR count). The third kappa shape index (κ3) is 12.1. The van der Waals surface area contributed by atoms with Gasteiger partial charge in [0.15, 0.2) is 0 Å². The van der Waals surface area contributed by atoms with E-state index in [-0.39, 0.29) is 26.2 Å². The maximum absolute atomic E-state index is 13.6. The Bertz CT molecular complexity index is 1440. The summed E-state index contributed by atoms with van der Waals surface area (Å²) < 4.78 is 16.3. The van der Waals surface area contributed by atoms with Gasteiger partial charge in [0.1, 0.15) is 36.8 Å². The zero-order chi connectivity index (χ0) is 33.5. The van der Waals surface area contributed by atoms with Crippen LogP contribution in [0.25, 0.3) is 0 Å². The zero-order valence-electron chi connectivity index (χ0n) is 26.5. The lowest BCUT2D eigenvalue weighted by Crippen LogP contribution is -2.54. The quantitative estimate of drug-likeness (QED) is 0.177. The molecule has 3 N–H and O–H groups in total. The highest BCUT2D eigenvalue weighted by atomic mass is 16.6. The number of rotatable bonds is 14. The normalized spacial score (nSPS) is 12.9. The van der Waals surface area contributed by atoms with E-state index in [1.54, 1.807) is 87.5 Å². The summed E-state index contributed by atoms with van der Waals surface area (Å²) in [6.45, 7) is 6.43. The molecule has 0 aliphatic carbocycles. The molecule has 0 saturated heterocycles. The summed E-state index contributed by atoms with van der Waals surface area (Å²) in [7, 11) is 0. The fraction of sp³-hybridized carbons (Fsp3) is 0.343. The maximum atomic E-state index is 13.6. The average molecular weight is 632 g/mol. The van der Waals surface area contributed by atoms with Crippen molar-refractivity contribution in [1.29, 1.82) is 0 Å². The second-order valence-corrected chi connectivity index (χ2v) is 11.5. The molecule has 0 aromatic heterocycles. The predicted molar refractivity (Wildman–Crippen MR) is 170 cm³/mol. The molecule has 0 bridgehead atoms. The Morgan fingerprint density at radius 1 is 0.696 bits per heavy atom. The number of alkyl carbamates (subject to hydrolysis) is 1. The minimum Gasteiger partial charge on any atom is -0.460 e. The fourth-order valence-corrected chi connectivity index (χ4v) is 4.29. The van der Waals surface area contributed by atoms with Crippen LogP contribution in [-0.4, -0.2) is 54.1 Å². The number of nitrogens with one attached hydrogen (secondary N) is 3. The summed E-state index contributed by atoms with van der Waals surface area (Å²) in [5, 5.41) is 7.65. The second kappa shape index (κ2) is 17.3. The minimum absolute atomic E-state index is 0.0210. The van der Waals surface area contributed by atoms with Crippen molar-refractivity contribution in [2.75, 3.05) is 6.54 Å². The molecule has 0 saturated carbocycles. The Morgan fingerprint density at radius 3 is 1.72 bits per heavy atom. The van der Waals surface area contributed by atoms with Gasteiger partial charge in [-0.3, -0.25) is 14.4 Å². The van der Waals surface area contributed by atoms with Crippen LogP contribution < -0.4 is 16.0 Å². The van der Waals surface area contributed by atoms with Crippen molar-refractivity contribution in [3.05, 3.63) is 108 Å². The number of hydrogen-bond donors (Lipinski definition) is 3. The van der Waals surface area contributed by atoms with E-state index in [0.717, 1.165) is 5.56 Å². The van der Waals surface area contributed by atoms with Crippen LogP contribution in [0.1, 0.15) is 56.7 Å². The van der Waals surface area contributed by atoms with Crippen molar-refractivity contribution in [3.8, 4) is 0 Å². The van der Waals surface area contributed by atoms with E-state index >= 15 is 0 Å². The summed E-state index contributed by atoms with van der Waals surface area (Å²) in [5.41, 5.74) is 1.19. The van der Waals surface area contributed by atoms with Crippen LogP contribution in [0.3, 0.4) is 0 Å². The van der Waals surface area contributed by atoms with Gasteiger partial charge in [0.05, 0.1) is 0 Å². The molecule has 0 spiro atoms. The first-order chi connectivity index (χ1) is 21.9. The van der Waals surface area contributed by atoms with Gasteiger partial charge >= 0.3 is 18.0 Å². The number of carbonyl (C=O) groups excluding carboxylic acids is 5. The summed E-state index contributed by atoms with van der Waals surface area (Å²) >= 11 is 0. The van der Waals surface area contributed by atoms with Crippen molar-refractivity contribution < 1.29 is 38.2 Å². The van der Waals surface area contributed by atoms with E-state index in [9.17, 15) is 24.0 Å². The van der Waals surface area contributed by atoms with Crippen molar-refractivity contribution in [2.45, 2.75) is 70.9 Å². The number of esters is 2. The predicted octanol–water partition coefficient (Wildman–Crippen LogP) is 4.16. The Hall–Kier alpha value is -5.19. The molecule has 244 valence electrons. The number of carbonyl (C=O) groups is 5. The van der Waals surface area contributed by atoms with E-state index in [1.165, 1.54) is 6.92 Å². The molecule has 0 aliphatic heterocycles. The molecule has 3 amide bonds. The van der Waals surface area contributed by atoms with Crippen LogP contribution in [0.4, 0.5) is 4.79 Å². The van der Waals surface area contributed by atoms with Crippen LogP contribution in [0.2, 0.25) is 0 Å². The van der Waals surface area contributed by atoms with Gasteiger partial charge < -0.3 is 30.2 Å². The third-order valence-electron chi connectivity index (χ3n) is 6.54. The standard InChI is InChI=1S/C35H41N3O8/c1-24(37-28(39)20-21-36-34(43)46-35(2,3)4)31(40)38-30(33(42)45-23-26-16-10-6-11-17-26)29(27-18-12-7-13-19-27)32(41)44-22-25-14-8-5-9-15-25/h5-19,24,29-30H,20-23H2,1-4H3,(H,36,43)(H,37,39)(H,38,40)/t24-,29?,30-/m0/s1. The topological polar surface area (TPSA) is 149 Å². The van der Waals surface area contributed by atoms with Gasteiger partial charge in [0, 0.05) is 13.0 Å². The Kier molecular flexibility index (Phi) is 13.3. The molecule has 0 heterocycles. The van der Waals surface area contributed by atoms with E-state index in [1.807, 2.05) is 24.3 Å². The smallest absolute Gasteiger partial charge is 0.407 e. The highest BCUT2D eigenvalue weighted by molar-refractivity contribution is 5.94. The first-order valence-corrected chi connectivity index (χ1v) is 15.0. The SMILES string of the molecule is C[C@H](NC(=O)CCNC(=O)OC(C)(C)C)C(=O)N[C@H](C(=O)OCc1ccccc1)C(C(=O)OCc1ccccc1)c1ccccc1. The molecular weight excluding hydrogens is 590 g/mol. The first-order valence-electron chi connectivity index (χ1n) is 15.0. The second-order valence-electron chi connectivity index (χ2n) is 11.5. The molecule has 0 radical (unpaired) electrons. The van der Waals surface area contributed by atoms with E-state index in [2.05, 4.69) is 16.0 Å². The summed E-state index contributed by atoms with van der Waals surface area (Å²) in [6.07, 6.45) is -0.799. The summed E-state index contributed by atoms with van der Waals surface area (Å²) in [4.78, 5) is 65.0. The maximum Gasteiger partial charge on any atom is 0.407 e. The summed E-state index contributed by atoms with van der Waals surface area (Å²) in [5.74, 6) is -4.13. The van der Waals surface area contributed by atoms with Crippen molar-refractivity contribution in [1.82, 2.24) is 16.0 Å².